The van der Waals surface area contributed by atoms with Crippen LogP contribution >= 0.6 is 34.7 Å². The molecule has 0 atom stereocenters. The third-order valence-corrected chi connectivity index (χ3v) is 6.87. The third-order valence-electron chi connectivity index (χ3n) is 4.58. The van der Waals surface area contributed by atoms with Gasteiger partial charge in [-0.2, -0.15) is 0 Å². The highest BCUT2D eigenvalue weighted by molar-refractivity contribution is 8.00. The van der Waals surface area contributed by atoms with E-state index in [2.05, 4.69) is 23.7 Å². The van der Waals surface area contributed by atoms with E-state index in [0.29, 0.717) is 28.0 Å². The first-order valence-corrected chi connectivity index (χ1v) is 11.6. The Morgan fingerprint density at radius 1 is 1.14 bits per heavy atom. The van der Waals surface area contributed by atoms with E-state index in [-0.39, 0.29) is 11.7 Å². The maximum atomic E-state index is 13.6. The molecule has 0 aliphatic rings. The van der Waals surface area contributed by atoms with Gasteiger partial charge in [0.25, 0.3) is 0 Å². The molecule has 4 nitrogen and oxygen atoms in total. The van der Waals surface area contributed by atoms with Gasteiger partial charge in [-0.15, -0.1) is 11.8 Å². The van der Waals surface area contributed by atoms with Gasteiger partial charge in [-0.1, -0.05) is 36.8 Å². The predicted molar refractivity (Wildman–Crippen MR) is 122 cm³/mol. The number of rotatable bonds is 9. The van der Waals surface area contributed by atoms with E-state index in [4.69, 9.17) is 11.6 Å². The van der Waals surface area contributed by atoms with Crippen molar-refractivity contribution in [3.8, 4) is 0 Å². The summed E-state index contributed by atoms with van der Waals surface area (Å²) in [4.78, 5) is 22.6. The van der Waals surface area contributed by atoms with Gasteiger partial charge < -0.3 is 4.90 Å². The van der Waals surface area contributed by atoms with Crippen molar-refractivity contribution in [1.29, 1.82) is 0 Å². The van der Waals surface area contributed by atoms with Crippen molar-refractivity contribution in [2.45, 2.75) is 18.7 Å². The zero-order chi connectivity index (χ0) is 20.8. The van der Waals surface area contributed by atoms with Crippen LogP contribution in [0, 0.1) is 5.82 Å². The second-order valence-corrected chi connectivity index (χ2v) is 8.92. The van der Waals surface area contributed by atoms with Gasteiger partial charge in [-0.25, -0.2) is 9.37 Å². The Hall–Kier alpha value is -1.67. The lowest BCUT2D eigenvalue weighted by Crippen LogP contribution is -2.39. The quantitative estimate of drug-likeness (QED) is 0.399. The summed E-state index contributed by atoms with van der Waals surface area (Å²) in [6.45, 7) is 7.35. The van der Waals surface area contributed by atoms with E-state index in [1.54, 1.807) is 11.0 Å². The first-order chi connectivity index (χ1) is 14.0. The van der Waals surface area contributed by atoms with Crippen molar-refractivity contribution in [2.75, 3.05) is 36.8 Å². The van der Waals surface area contributed by atoms with Crippen molar-refractivity contribution >= 4 is 56.0 Å². The number of hydrogen-bond donors (Lipinski definition) is 0. The van der Waals surface area contributed by atoms with Gasteiger partial charge in [-0.05, 0) is 55.6 Å². The standard InChI is InChI=1S/C21H23ClFN3OS2/c1-3-25(4-2)11-12-26(20(27)14-28-17-8-5-15(22)6-9-17)21-24-18-10-7-16(23)13-19(18)29-21/h5-10,13H,3-4,11-12,14H2,1-2H3. The molecule has 3 aromatic rings. The average molecular weight is 452 g/mol. The molecule has 0 radical (unpaired) electrons. The highest BCUT2D eigenvalue weighted by Crippen LogP contribution is 2.30. The number of benzene rings is 2. The number of anilines is 1. The summed E-state index contributed by atoms with van der Waals surface area (Å²) < 4.78 is 14.3. The van der Waals surface area contributed by atoms with Crippen LogP contribution in [0.3, 0.4) is 0 Å². The number of amides is 1. The van der Waals surface area contributed by atoms with Crippen LogP contribution in [-0.4, -0.2) is 47.7 Å². The Bertz CT molecular complexity index is 960. The van der Waals surface area contributed by atoms with Crippen LogP contribution in [0.2, 0.25) is 5.02 Å². The fourth-order valence-electron chi connectivity index (χ4n) is 2.86. The number of aromatic nitrogens is 1. The summed E-state index contributed by atoms with van der Waals surface area (Å²) in [5, 5.41) is 1.28. The van der Waals surface area contributed by atoms with Crippen molar-refractivity contribution < 1.29 is 9.18 Å². The number of thioether (sulfide) groups is 1. The monoisotopic (exact) mass is 451 g/mol. The van der Waals surface area contributed by atoms with E-state index in [0.717, 1.165) is 29.2 Å². The van der Waals surface area contributed by atoms with Gasteiger partial charge in [0.05, 0.1) is 16.0 Å². The summed E-state index contributed by atoms with van der Waals surface area (Å²) in [6.07, 6.45) is 0. The smallest absolute Gasteiger partial charge is 0.239 e. The Morgan fingerprint density at radius 3 is 2.55 bits per heavy atom. The Morgan fingerprint density at radius 2 is 1.86 bits per heavy atom. The molecule has 0 aliphatic heterocycles. The molecule has 0 spiro atoms. The topological polar surface area (TPSA) is 36.4 Å². The van der Waals surface area contributed by atoms with E-state index in [9.17, 15) is 9.18 Å². The second kappa shape index (κ2) is 10.4. The maximum Gasteiger partial charge on any atom is 0.239 e. The summed E-state index contributed by atoms with van der Waals surface area (Å²) in [6, 6.07) is 11.9. The molecule has 3 rings (SSSR count). The first-order valence-electron chi connectivity index (χ1n) is 9.47. The zero-order valence-corrected chi connectivity index (χ0v) is 18.8. The number of carbonyl (C=O) groups is 1. The molecule has 2 aromatic carbocycles. The molecule has 0 bridgehead atoms. The van der Waals surface area contributed by atoms with E-state index in [1.165, 1.54) is 35.2 Å². The minimum Gasteiger partial charge on any atom is -0.302 e. The number of thiazole rings is 1. The van der Waals surface area contributed by atoms with Gasteiger partial charge in [-0.3, -0.25) is 9.69 Å². The van der Waals surface area contributed by atoms with Gasteiger partial charge >= 0.3 is 0 Å². The number of hydrogen-bond acceptors (Lipinski definition) is 5. The number of halogens is 2. The lowest BCUT2D eigenvalue weighted by molar-refractivity contribution is -0.116. The van der Waals surface area contributed by atoms with Gasteiger partial charge in [0, 0.05) is 23.0 Å². The molecule has 29 heavy (non-hydrogen) atoms. The molecular formula is C21H23ClFN3OS2. The van der Waals surface area contributed by atoms with Crippen LogP contribution in [-0.2, 0) is 4.79 Å². The molecule has 0 N–H and O–H groups in total. The Kier molecular flexibility index (Phi) is 7.89. The van der Waals surface area contributed by atoms with Crippen LogP contribution in [0.15, 0.2) is 47.4 Å². The van der Waals surface area contributed by atoms with Crippen LogP contribution in [0.5, 0.6) is 0 Å². The third kappa shape index (κ3) is 5.92. The molecule has 0 aliphatic carbocycles. The Labute approximate surface area is 183 Å². The van der Waals surface area contributed by atoms with E-state index in [1.807, 2.05) is 24.3 Å². The second-order valence-electron chi connectivity index (χ2n) is 6.42. The molecule has 154 valence electrons. The fraction of sp³-hybridized carbons (Fsp3) is 0.333. The number of carbonyl (C=O) groups excluding carboxylic acids is 1. The van der Waals surface area contributed by atoms with E-state index >= 15 is 0 Å². The summed E-state index contributed by atoms with van der Waals surface area (Å²) in [5.41, 5.74) is 0.706. The minimum atomic E-state index is -0.299. The molecule has 1 heterocycles. The number of likely N-dealkylation sites (N-methyl/N-ethyl adjacent to an activating group) is 1. The normalized spacial score (nSPS) is 11.3. The molecule has 1 amide bonds. The molecule has 8 heteroatoms. The lowest BCUT2D eigenvalue weighted by Gasteiger charge is -2.24. The van der Waals surface area contributed by atoms with Crippen molar-refractivity contribution in [3.05, 3.63) is 53.3 Å². The fourth-order valence-corrected chi connectivity index (χ4v) is 4.80. The van der Waals surface area contributed by atoms with Crippen molar-refractivity contribution in [1.82, 2.24) is 9.88 Å². The van der Waals surface area contributed by atoms with E-state index < -0.39 is 0 Å². The maximum absolute atomic E-state index is 13.6. The Balaban J connectivity index is 1.78. The minimum absolute atomic E-state index is 0.0170. The van der Waals surface area contributed by atoms with Gasteiger partial charge in [0.15, 0.2) is 5.13 Å². The highest BCUT2D eigenvalue weighted by atomic mass is 35.5. The molecule has 1 aromatic heterocycles. The zero-order valence-electron chi connectivity index (χ0n) is 16.4. The lowest BCUT2D eigenvalue weighted by atomic mass is 10.3. The number of nitrogens with zero attached hydrogens (tertiary/aromatic N) is 3. The molecule has 0 unspecified atom stereocenters. The van der Waals surface area contributed by atoms with Crippen LogP contribution in [0.1, 0.15) is 13.8 Å². The van der Waals surface area contributed by atoms with Gasteiger partial charge in [0.2, 0.25) is 5.91 Å². The number of fused-ring (bicyclic) bond motifs is 1. The summed E-state index contributed by atoms with van der Waals surface area (Å²) in [7, 11) is 0. The molecule has 0 saturated carbocycles. The van der Waals surface area contributed by atoms with Crippen LogP contribution in [0.4, 0.5) is 9.52 Å². The average Bonchev–Trinajstić information content (AvgIpc) is 3.13. The predicted octanol–water partition coefficient (Wildman–Crippen LogP) is 5.56. The van der Waals surface area contributed by atoms with Crippen LogP contribution in [0.25, 0.3) is 10.2 Å². The van der Waals surface area contributed by atoms with Crippen molar-refractivity contribution in [3.63, 3.8) is 0 Å². The van der Waals surface area contributed by atoms with Crippen LogP contribution < -0.4 is 4.90 Å². The molecule has 0 fully saturated rings. The molecular weight excluding hydrogens is 429 g/mol. The SMILES string of the molecule is CCN(CC)CCN(C(=O)CSc1ccc(Cl)cc1)c1nc2ccc(F)cc2s1. The molecule has 0 saturated heterocycles. The highest BCUT2D eigenvalue weighted by Gasteiger charge is 2.21. The van der Waals surface area contributed by atoms with Gasteiger partial charge in [0.1, 0.15) is 5.82 Å². The van der Waals surface area contributed by atoms with Crippen molar-refractivity contribution in [2.24, 2.45) is 0 Å². The first kappa shape index (κ1) is 22.0. The largest absolute Gasteiger partial charge is 0.302 e. The summed E-state index contributed by atoms with van der Waals surface area (Å²) >= 11 is 8.75. The summed E-state index contributed by atoms with van der Waals surface area (Å²) in [5.74, 6) is -0.0203.